The van der Waals surface area contributed by atoms with Crippen LogP contribution >= 0.6 is 0 Å². The van der Waals surface area contributed by atoms with Crippen molar-refractivity contribution in [3.8, 4) is 0 Å². The van der Waals surface area contributed by atoms with Gasteiger partial charge >= 0.3 is 0 Å². The molecule has 1 aromatic carbocycles. The summed E-state index contributed by atoms with van der Waals surface area (Å²) in [7, 11) is 0. The summed E-state index contributed by atoms with van der Waals surface area (Å²) in [5.41, 5.74) is 1.21. The molecule has 1 aromatic rings. The molecule has 7 nitrogen and oxygen atoms in total. The highest BCUT2D eigenvalue weighted by molar-refractivity contribution is 5.92. The van der Waals surface area contributed by atoms with Crippen LogP contribution in [0, 0.1) is 11.8 Å². The highest BCUT2D eigenvalue weighted by Crippen LogP contribution is 2.43. The number of nitrogens with zero attached hydrogens (tertiary/aromatic N) is 3. The van der Waals surface area contributed by atoms with Crippen molar-refractivity contribution in [2.75, 3.05) is 57.4 Å². The smallest absolute Gasteiger partial charge is 0.226 e. The van der Waals surface area contributed by atoms with Crippen molar-refractivity contribution < 1.29 is 19.1 Å². The first-order chi connectivity index (χ1) is 14.2. The predicted octanol–water partition coefficient (Wildman–Crippen LogP) is 1.34. The van der Waals surface area contributed by atoms with Gasteiger partial charge in [-0.05, 0) is 18.6 Å². The van der Waals surface area contributed by atoms with Crippen LogP contribution in [0.25, 0.3) is 0 Å². The molecule has 3 heterocycles. The van der Waals surface area contributed by atoms with Crippen molar-refractivity contribution in [3.63, 3.8) is 0 Å². The van der Waals surface area contributed by atoms with Crippen LogP contribution in [0.4, 0.5) is 5.69 Å². The van der Waals surface area contributed by atoms with Gasteiger partial charge in [0.1, 0.15) is 0 Å². The Balaban J connectivity index is 1.10. The maximum atomic E-state index is 12.9. The van der Waals surface area contributed by atoms with Gasteiger partial charge in [-0.1, -0.05) is 18.2 Å². The van der Waals surface area contributed by atoms with E-state index >= 15 is 0 Å². The summed E-state index contributed by atoms with van der Waals surface area (Å²) in [5.74, 6) is -0.422. The van der Waals surface area contributed by atoms with Gasteiger partial charge in [-0.25, -0.2) is 0 Å². The van der Waals surface area contributed by atoms with Crippen LogP contribution in [0.1, 0.15) is 19.3 Å². The lowest BCUT2D eigenvalue weighted by atomic mass is 10.0. The number of carbonyl (C=O) groups is 2. The van der Waals surface area contributed by atoms with Crippen LogP contribution in [0.3, 0.4) is 0 Å². The number of hydrogen-bond donors (Lipinski definition) is 0. The zero-order chi connectivity index (χ0) is 19.8. The molecule has 0 bridgehead atoms. The summed E-state index contributed by atoms with van der Waals surface area (Å²) in [6.07, 6.45) is 2.16. The number of para-hydroxylation sites is 1. The zero-order valence-corrected chi connectivity index (χ0v) is 16.8. The highest BCUT2D eigenvalue weighted by atomic mass is 16.7. The second-order valence-corrected chi connectivity index (χ2v) is 8.53. The van der Waals surface area contributed by atoms with E-state index in [1.54, 1.807) is 0 Å². The molecule has 2 atom stereocenters. The molecule has 29 heavy (non-hydrogen) atoms. The van der Waals surface area contributed by atoms with Gasteiger partial charge in [-0.3, -0.25) is 9.59 Å². The molecule has 2 amide bonds. The fourth-order valence-electron chi connectivity index (χ4n) is 4.89. The third kappa shape index (κ3) is 3.73. The van der Waals surface area contributed by atoms with Gasteiger partial charge in [-0.15, -0.1) is 0 Å². The van der Waals surface area contributed by atoms with Crippen molar-refractivity contribution in [1.82, 2.24) is 9.80 Å². The second-order valence-electron chi connectivity index (χ2n) is 8.53. The SMILES string of the molecule is O=C(C1CC1C(=O)N1CCC2(CC1)OCCO2)N1CCN(c2ccccc2)CC1. The molecule has 7 heteroatoms. The Morgan fingerprint density at radius 1 is 0.793 bits per heavy atom. The standard InChI is InChI=1S/C22H29N3O4/c26-20(24-8-6-22(7-9-24)28-14-15-29-22)18-16-19(18)21(27)25-12-10-23(11-13-25)17-4-2-1-3-5-17/h1-5,18-19H,6-16H2. The van der Waals surface area contributed by atoms with E-state index in [1.165, 1.54) is 5.69 Å². The maximum absolute atomic E-state index is 12.9. The number of rotatable bonds is 3. The monoisotopic (exact) mass is 399 g/mol. The normalized spacial score (nSPS) is 28.6. The first kappa shape index (κ1) is 18.9. The molecule has 5 rings (SSSR count). The number of carbonyl (C=O) groups excluding carboxylic acids is 2. The molecule has 0 aromatic heterocycles. The molecule has 3 saturated heterocycles. The minimum atomic E-state index is -0.464. The number of ether oxygens (including phenoxy) is 2. The summed E-state index contributed by atoms with van der Waals surface area (Å²) >= 11 is 0. The number of amides is 2. The Bertz CT molecular complexity index is 747. The molecule has 4 fully saturated rings. The number of likely N-dealkylation sites (tertiary alicyclic amines) is 1. The fraction of sp³-hybridized carbons (Fsp3) is 0.636. The topological polar surface area (TPSA) is 62.3 Å². The van der Waals surface area contributed by atoms with E-state index in [2.05, 4.69) is 17.0 Å². The number of anilines is 1. The third-order valence-corrected chi connectivity index (χ3v) is 6.79. The van der Waals surface area contributed by atoms with Crippen molar-refractivity contribution in [2.24, 2.45) is 11.8 Å². The van der Waals surface area contributed by atoms with Crippen LogP contribution in [0.15, 0.2) is 30.3 Å². The molecule has 4 aliphatic rings. The largest absolute Gasteiger partial charge is 0.368 e. The van der Waals surface area contributed by atoms with E-state index in [0.29, 0.717) is 32.7 Å². The summed E-state index contributed by atoms with van der Waals surface area (Å²) in [6.45, 7) is 5.75. The fourth-order valence-corrected chi connectivity index (χ4v) is 4.89. The van der Waals surface area contributed by atoms with E-state index in [-0.39, 0.29) is 23.7 Å². The van der Waals surface area contributed by atoms with Crippen molar-refractivity contribution in [1.29, 1.82) is 0 Å². The average Bonchev–Trinajstić information content (AvgIpc) is 3.46. The Morgan fingerprint density at radius 3 is 1.93 bits per heavy atom. The number of piperidine rings is 1. The number of piperazine rings is 1. The second kappa shape index (κ2) is 7.61. The minimum absolute atomic E-state index is 0.124. The molecule has 2 unspecified atom stereocenters. The van der Waals surface area contributed by atoms with Gasteiger partial charge in [-0.2, -0.15) is 0 Å². The van der Waals surface area contributed by atoms with E-state index in [9.17, 15) is 9.59 Å². The van der Waals surface area contributed by atoms with Gasteiger partial charge in [0, 0.05) is 57.8 Å². The summed E-state index contributed by atoms with van der Waals surface area (Å²) < 4.78 is 11.5. The van der Waals surface area contributed by atoms with Gasteiger partial charge in [0.05, 0.1) is 25.0 Å². The molecular formula is C22H29N3O4. The van der Waals surface area contributed by atoms with E-state index in [1.807, 2.05) is 28.0 Å². The maximum Gasteiger partial charge on any atom is 0.226 e. The molecule has 0 N–H and O–H groups in total. The Morgan fingerprint density at radius 2 is 1.34 bits per heavy atom. The van der Waals surface area contributed by atoms with Crippen molar-refractivity contribution in [2.45, 2.75) is 25.0 Å². The van der Waals surface area contributed by atoms with Crippen LogP contribution in [0.5, 0.6) is 0 Å². The quantitative estimate of drug-likeness (QED) is 0.768. The lowest BCUT2D eigenvalue weighted by Crippen LogP contribution is -2.50. The van der Waals surface area contributed by atoms with Crippen LogP contribution in [0.2, 0.25) is 0 Å². The van der Waals surface area contributed by atoms with Gasteiger partial charge in [0.2, 0.25) is 11.8 Å². The predicted molar refractivity (Wildman–Crippen MR) is 107 cm³/mol. The molecule has 1 aliphatic carbocycles. The van der Waals surface area contributed by atoms with Crippen molar-refractivity contribution >= 4 is 17.5 Å². The van der Waals surface area contributed by atoms with E-state index < -0.39 is 5.79 Å². The lowest BCUT2D eigenvalue weighted by molar-refractivity contribution is -0.187. The average molecular weight is 399 g/mol. The highest BCUT2D eigenvalue weighted by Gasteiger charge is 2.52. The Labute approximate surface area is 171 Å². The summed E-state index contributed by atoms with van der Waals surface area (Å²) in [4.78, 5) is 31.9. The van der Waals surface area contributed by atoms with E-state index in [0.717, 1.165) is 39.0 Å². The number of benzene rings is 1. The van der Waals surface area contributed by atoms with E-state index in [4.69, 9.17) is 9.47 Å². The molecule has 1 saturated carbocycles. The first-order valence-corrected chi connectivity index (χ1v) is 10.8. The van der Waals surface area contributed by atoms with Gasteiger partial charge in [0.15, 0.2) is 5.79 Å². The van der Waals surface area contributed by atoms with Crippen molar-refractivity contribution in [3.05, 3.63) is 30.3 Å². The Kier molecular flexibility index (Phi) is 4.95. The zero-order valence-electron chi connectivity index (χ0n) is 16.8. The summed E-state index contributed by atoms with van der Waals surface area (Å²) in [5, 5.41) is 0. The molecular weight excluding hydrogens is 370 g/mol. The molecule has 0 radical (unpaired) electrons. The molecule has 1 spiro atoms. The molecule has 3 aliphatic heterocycles. The number of hydrogen-bond acceptors (Lipinski definition) is 5. The lowest BCUT2D eigenvalue weighted by Gasteiger charge is -2.38. The van der Waals surface area contributed by atoms with Crippen LogP contribution < -0.4 is 4.90 Å². The van der Waals surface area contributed by atoms with Gasteiger partial charge < -0.3 is 24.2 Å². The van der Waals surface area contributed by atoms with Gasteiger partial charge in [0.25, 0.3) is 0 Å². The third-order valence-electron chi connectivity index (χ3n) is 6.79. The minimum Gasteiger partial charge on any atom is -0.368 e. The summed E-state index contributed by atoms with van der Waals surface area (Å²) in [6, 6.07) is 10.3. The van der Waals surface area contributed by atoms with Crippen LogP contribution in [-0.4, -0.2) is 79.9 Å². The first-order valence-electron chi connectivity index (χ1n) is 10.8. The van der Waals surface area contributed by atoms with Crippen LogP contribution in [-0.2, 0) is 19.1 Å². The molecule has 156 valence electrons. The Hall–Kier alpha value is -2.12.